The van der Waals surface area contributed by atoms with Gasteiger partial charge in [0.1, 0.15) is 5.82 Å². The smallest absolute Gasteiger partial charge is 0.290 e. The van der Waals surface area contributed by atoms with E-state index in [2.05, 4.69) is 49.0 Å². The highest BCUT2D eigenvalue weighted by Crippen LogP contribution is 2.15. The van der Waals surface area contributed by atoms with Crippen molar-refractivity contribution in [2.75, 3.05) is 6.54 Å². The third kappa shape index (κ3) is 2.86. The molecule has 1 aliphatic heterocycles. The van der Waals surface area contributed by atoms with Crippen molar-refractivity contribution in [1.82, 2.24) is 19.2 Å². The van der Waals surface area contributed by atoms with Crippen molar-refractivity contribution in [2.45, 2.75) is 53.4 Å². The van der Waals surface area contributed by atoms with Crippen LogP contribution in [-0.4, -0.2) is 25.8 Å². The molecule has 0 bridgehead atoms. The lowest BCUT2D eigenvalue weighted by molar-refractivity contribution is 0.207. The third-order valence-corrected chi connectivity index (χ3v) is 4.42. The van der Waals surface area contributed by atoms with E-state index in [1.54, 1.807) is 4.68 Å². The van der Waals surface area contributed by atoms with E-state index in [4.69, 9.17) is 0 Å². The summed E-state index contributed by atoms with van der Waals surface area (Å²) in [6.07, 6.45) is 0.933. The fraction of sp³-hybridized carbons (Fsp3) is 0.529. The van der Waals surface area contributed by atoms with Crippen molar-refractivity contribution >= 4 is 0 Å². The third-order valence-electron chi connectivity index (χ3n) is 4.42. The van der Waals surface area contributed by atoms with Crippen LogP contribution in [0.1, 0.15) is 35.9 Å². The monoisotopic (exact) mass is 300 g/mol. The predicted molar refractivity (Wildman–Crippen MR) is 86.8 cm³/mol. The van der Waals surface area contributed by atoms with Gasteiger partial charge in [0.05, 0.1) is 6.54 Å². The van der Waals surface area contributed by atoms with Crippen LogP contribution in [0.3, 0.4) is 0 Å². The summed E-state index contributed by atoms with van der Waals surface area (Å²) in [4.78, 5) is 14.6. The Morgan fingerprint density at radius 1 is 1.18 bits per heavy atom. The van der Waals surface area contributed by atoms with Crippen LogP contribution < -0.4 is 5.69 Å². The summed E-state index contributed by atoms with van der Waals surface area (Å²) in [6.45, 7) is 10.4. The Labute approximate surface area is 131 Å². The van der Waals surface area contributed by atoms with Crippen LogP contribution in [0.4, 0.5) is 0 Å². The van der Waals surface area contributed by atoms with Crippen LogP contribution in [0.15, 0.2) is 23.0 Å². The Morgan fingerprint density at radius 2 is 2.00 bits per heavy atom. The Morgan fingerprint density at radius 3 is 2.73 bits per heavy atom. The van der Waals surface area contributed by atoms with Gasteiger partial charge in [0, 0.05) is 26.2 Å². The maximum atomic E-state index is 12.2. The minimum absolute atomic E-state index is 0.0441. The van der Waals surface area contributed by atoms with E-state index >= 15 is 0 Å². The second-order valence-corrected chi connectivity index (χ2v) is 6.20. The zero-order valence-electron chi connectivity index (χ0n) is 13.7. The van der Waals surface area contributed by atoms with Crippen molar-refractivity contribution in [3.8, 4) is 0 Å². The number of nitrogens with zero attached hydrogens (tertiary/aromatic N) is 4. The van der Waals surface area contributed by atoms with Crippen LogP contribution in [0.25, 0.3) is 0 Å². The van der Waals surface area contributed by atoms with Gasteiger partial charge in [-0.25, -0.2) is 9.48 Å². The van der Waals surface area contributed by atoms with Gasteiger partial charge < -0.3 is 0 Å². The summed E-state index contributed by atoms with van der Waals surface area (Å²) < 4.78 is 3.43. The lowest BCUT2D eigenvalue weighted by Gasteiger charge is -2.26. The lowest BCUT2D eigenvalue weighted by atomic mass is 10.1. The first-order valence-electron chi connectivity index (χ1n) is 8.03. The molecule has 1 aliphatic rings. The van der Waals surface area contributed by atoms with Crippen molar-refractivity contribution in [3.63, 3.8) is 0 Å². The van der Waals surface area contributed by atoms with E-state index in [1.807, 2.05) is 4.57 Å². The highest BCUT2D eigenvalue weighted by Gasteiger charge is 2.21. The molecule has 0 unspecified atom stereocenters. The van der Waals surface area contributed by atoms with E-state index in [1.165, 1.54) is 16.7 Å². The molecule has 0 atom stereocenters. The van der Waals surface area contributed by atoms with Gasteiger partial charge in [-0.05, 0) is 37.0 Å². The van der Waals surface area contributed by atoms with E-state index in [-0.39, 0.29) is 5.69 Å². The summed E-state index contributed by atoms with van der Waals surface area (Å²) in [6, 6.07) is 6.63. The zero-order valence-corrected chi connectivity index (χ0v) is 13.7. The standard InChI is InChI=1S/C17H24N4O/c1-4-7-21-17(22)20-9-8-19(12-16(20)18-21)11-15-6-5-13(2)14(3)10-15/h5-6,10H,4,7-9,11-12H2,1-3H3. The zero-order chi connectivity index (χ0) is 15.7. The maximum Gasteiger partial charge on any atom is 0.345 e. The average Bonchev–Trinajstić information content (AvgIpc) is 2.80. The van der Waals surface area contributed by atoms with E-state index in [9.17, 15) is 4.79 Å². The van der Waals surface area contributed by atoms with Crippen LogP contribution >= 0.6 is 0 Å². The number of aromatic nitrogens is 3. The maximum absolute atomic E-state index is 12.2. The molecule has 0 saturated carbocycles. The molecule has 118 valence electrons. The number of hydrogen-bond donors (Lipinski definition) is 0. The molecule has 2 aromatic rings. The number of fused-ring (bicyclic) bond motifs is 1. The van der Waals surface area contributed by atoms with Gasteiger partial charge in [-0.3, -0.25) is 9.47 Å². The second kappa shape index (κ2) is 6.08. The van der Waals surface area contributed by atoms with E-state index in [0.29, 0.717) is 6.54 Å². The van der Waals surface area contributed by atoms with Crippen LogP contribution in [0, 0.1) is 13.8 Å². The molecule has 5 nitrogen and oxygen atoms in total. The van der Waals surface area contributed by atoms with Crippen molar-refractivity contribution in [3.05, 3.63) is 51.2 Å². The Balaban J connectivity index is 1.75. The average molecular weight is 300 g/mol. The fourth-order valence-corrected chi connectivity index (χ4v) is 3.00. The molecular weight excluding hydrogens is 276 g/mol. The minimum atomic E-state index is 0.0441. The summed E-state index contributed by atoms with van der Waals surface area (Å²) >= 11 is 0. The number of rotatable bonds is 4. The first kappa shape index (κ1) is 15.0. The van der Waals surface area contributed by atoms with Crippen molar-refractivity contribution in [2.24, 2.45) is 0 Å². The van der Waals surface area contributed by atoms with Gasteiger partial charge in [-0.1, -0.05) is 25.1 Å². The Hall–Kier alpha value is -1.88. The normalized spacial score (nSPS) is 15.0. The number of benzene rings is 1. The number of hydrogen-bond acceptors (Lipinski definition) is 3. The van der Waals surface area contributed by atoms with Crippen molar-refractivity contribution in [1.29, 1.82) is 0 Å². The molecule has 1 aromatic carbocycles. The summed E-state index contributed by atoms with van der Waals surface area (Å²) in [5.74, 6) is 0.897. The molecule has 0 N–H and O–H groups in total. The van der Waals surface area contributed by atoms with Crippen LogP contribution in [-0.2, 0) is 26.2 Å². The number of aryl methyl sites for hydroxylation is 3. The Kier molecular flexibility index (Phi) is 4.16. The fourth-order valence-electron chi connectivity index (χ4n) is 3.00. The molecule has 5 heteroatoms. The minimum Gasteiger partial charge on any atom is -0.290 e. The van der Waals surface area contributed by atoms with E-state index < -0.39 is 0 Å². The molecule has 3 rings (SSSR count). The molecule has 0 aliphatic carbocycles. The summed E-state index contributed by atoms with van der Waals surface area (Å²) in [5, 5.41) is 4.49. The molecule has 0 radical (unpaired) electrons. The van der Waals surface area contributed by atoms with Gasteiger partial charge in [-0.15, -0.1) is 0 Å². The predicted octanol–water partition coefficient (Wildman–Crippen LogP) is 2.09. The highest BCUT2D eigenvalue weighted by atomic mass is 16.2. The molecule has 2 heterocycles. The van der Waals surface area contributed by atoms with Gasteiger partial charge in [0.2, 0.25) is 0 Å². The highest BCUT2D eigenvalue weighted by molar-refractivity contribution is 5.29. The largest absolute Gasteiger partial charge is 0.345 e. The Bertz CT molecular complexity index is 729. The first-order chi connectivity index (χ1) is 10.6. The topological polar surface area (TPSA) is 43.1 Å². The molecule has 0 saturated heterocycles. The van der Waals surface area contributed by atoms with Gasteiger partial charge >= 0.3 is 5.69 Å². The first-order valence-corrected chi connectivity index (χ1v) is 8.03. The molecule has 22 heavy (non-hydrogen) atoms. The molecule has 0 fully saturated rings. The molecular formula is C17H24N4O. The van der Waals surface area contributed by atoms with E-state index in [0.717, 1.165) is 38.4 Å². The van der Waals surface area contributed by atoms with Gasteiger partial charge in [-0.2, -0.15) is 5.10 Å². The van der Waals surface area contributed by atoms with Crippen molar-refractivity contribution < 1.29 is 0 Å². The molecule has 1 aromatic heterocycles. The summed E-state index contributed by atoms with van der Waals surface area (Å²) in [7, 11) is 0. The van der Waals surface area contributed by atoms with Crippen LogP contribution in [0.5, 0.6) is 0 Å². The summed E-state index contributed by atoms with van der Waals surface area (Å²) in [5.41, 5.74) is 4.03. The van der Waals surface area contributed by atoms with Gasteiger partial charge in [0.15, 0.2) is 0 Å². The molecule has 0 spiro atoms. The van der Waals surface area contributed by atoms with Gasteiger partial charge in [0.25, 0.3) is 0 Å². The van der Waals surface area contributed by atoms with Crippen LogP contribution in [0.2, 0.25) is 0 Å². The molecule has 0 amide bonds. The quantitative estimate of drug-likeness (QED) is 0.868. The SMILES string of the molecule is CCCn1nc2n(c1=O)CCN(Cc1ccc(C)c(C)c1)C2. The second-order valence-electron chi connectivity index (χ2n) is 6.20. The lowest BCUT2D eigenvalue weighted by Crippen LogP contribution is -2.37.